The number of hydrogen-bond acceptors (Lipinski definition) is 3. The smallest absolute Gasteiger partial charge is 0.124 e. The molecular formula is C13H13NS2. The quantitative estimate of drug-likeness (QED) is 0.752. The van der Waals surface area contributed by atoms with Crippen LogP contribution in [0, 0.1) is 0 Å². The topological polar surface area (TPSA) is 12.9 Å². The molecule has 1 heterocycles. The highest BCUT2D eigenvalue weighted by Crippen LogP contribution is 2.29. The summed E-state index contributed by atoms with van der Waals surface area (Å²) >= 11 is 5.92. The summed E-state index contributed by atoms with van der Waals surface area (Å²) in [6.07, 6.45) is 5.13. The highest BCUT2D eigenvalue weighted by molar-refractivity contribution is 7.80. The van der Waals surface area contributed by atoms with E-state index in [0.717, 1.165) is 10.0 Å². The molecule has 3 heteroatoms. The van der Waals surface area contributed by atoms with Crippen LogP contribution in [-0.4, -0.2) is 4.98 Å². The lowest BCUT2D eigenvalue weighted by Crippen LogP contribution is -2.02. The number of aromatic nitrogens is 1. The zero-order chi connectivity index (χ0) is 11.0. The minimum atomic E-state index is 0.817. The lowest BCUT2D eigenvalue weighted by atomic mass is 9.90. The molecule has 0 aliphatic heterocycles. The molecule has 0 bridgehead atoms. The highest BCUT2D eigenvalue weighted by Gasteiger charge is 2.11. The summed E-state index contributed by atoms with van der Waals surface area (Å²) in [7, 11) is 0. The molecule has 0 saturated heterocycles. The van der Waals surface area contributed by atoms with Crippen LogP contribution in [-0.2, 0) is 12.8 Å². The van der Waals surface area contributed by atoms with Gasteiger partial charge in [-0.25, -0.2) is 4.98 Å². The summed E-state index contributed by atoms with van der Waals surface area (Å²) in [6.45, 7) is 0. The minimum Gasteiger partial charge on any atom is -0.230 e. The Morgan fingerprint density at radius 3 is 2.69 bits per heavy atom. The molecule has 16 heavy (non-hydrogen) atoms. The van der Waals surface area contributed by atoms with Crippen molar-refractivity contribution >= 4 is 24.0 Å². The van der Waals surface area contributed by atoms with E-state index in [4.69, 9.17) is 0 Å². The maximum atomic E-state index is 4.41. The third-order valence-corrected chi connectivity index (χ3v) is 4.38. The van der Waals surface area contributed by atoms with Crippen molar-refractivity contribution in [1.29, 1.82) is 0 Å². The van der Waals surface area contributed by atoms with Crippen LogP contribution in [0.15, 0.2) is 28.6 Å². The lowest BCUT2D eigenvalue weighted by molar-refractivity contribution is 0.686. The molecule has 0 N–H and O–H groups in total. The van der Waals surface area contributed by atoms with Crippen LogP contribution < -0.4 is 0 Å². The fourth-order valence-electron chi connectivity index (χ4n) is 2.26. The fraction of sp³-hybridized carbons (Fsp3) is 0.308. The summed E-state index contributed by atoms with van der Waals surface area (Å²) in [4.78, 5) is 4.41. The Morgan fingerprint density at radius 2 is 1.94 bits per heavy atom. The van der Waals surface area contributed by atoms with Gasteiger partial charge in [0.25, 0.3) is 0 Å². The molecular weight excluding hydrogens is 234 g/mol. The molecule has 0 fully saturated rings. The van der Waals surface area contributed by atoms with E-state index in [0.29, 0.717) is 0 Å². The van der Waals surface area contributed by atoms with Crippen molar-refractivity contribution in [3.05, 3.63) is 34.7 Å². The van der Waals surface area contributed by atoms with Gasteiger partial charge in [0.1, 0.15) is 10.0 Å². The molecule has 1 aliphatic carbocycles. The van der Waals surface area contributed by atoms with E-state index in [-0.39, 0.29) is 0 Å². The van der Waals surface area contributed by atoms with Gasteiger partial charge < -0.3 is 0 Å². The maximum Gasteiger partial charge on any atom is 0.124 e. The van der Waals surface area contributed by atoms with Crippen LogP contribution in [0.3, 0.4) is 0 Å². The van der Waals surface area contributed by atoms with Gasteiger partial charge in [-0.2, -0.15) is 0 Å². The zero-order valence-corrected chi connectivity index (χ0v) is 10.7. The van der Waals surface area contributed by atoms with Crippen molar-refractivity contribution in [2.24, 2.45) is 0 Å². The second-order valence-electron chi connectivity index (χ2n) is 4.20. The zero-order valence-electron chi connectivity index (χ0n) is 8.94. The molecule has 82 valence electrons. The molecule has 2 aromatic rings. The lowest BCUT2D eigenvalue weighted by Gasteiger charge is -2.15. The third-order valence-electron chi connectivity index (χ3n) is 3.09. The molecule has 0 amide bonds. The second kappa shape index (κ2) is 4.22. The molecule has 0 saturated carbocycles. The molecule has 0 radical (unpaired) electrons. The van der Waals surface area contributed by atoms with E-state index in [9.17, 15) is 0 Å². The molecule has 3 rings (SSSR count). The number of benzene rings is 1. The standard InChI is InChI=1S/C13H13NS2/c15-12-8-16-13(14-12)11-6-5-9-3-1-2-4-10(9)7-11/h5-8,15H,1-4H2. The normalized spacial score (nSPS) is 14.8. The summed E-state index contributed by atoms with van der Waals surface area (Å²) in [5.74, 6) is 0. The first-order valence-electron chi connectivity index (χ1n) is 5.59. The van der Waals surface area contributed by atoms with E-state index in [1.165, 1.54) is 42.4 Å². The van der Waals surface area contributed by atoms with Crippen LogP contribution in [0.25, 0.3) is 10.6 Å². The second-order valence-corrected chi connectivity index (χ2v) is 5.52. The number of hydrogen-bond donors (Lipinski definition) is 1. The highest BCUT2D eigenvalue weighted by atomic mass is 32.1. The molecule has 1 nitrogen and oxygen atoms in total. The Kier molecular flexibility index (Phi) is 2.74. The SMILES string of the molecule is Sc1csc(-c2ccc3c(c2)CCCC3)n1. The van der Waals surface area contributed by atoms with Crippen LogP contribution in [0.1, 0.15) is 24.0 Å². The number of aryl methyl sites for hydroxylation is 2. The van der Waals surface area contributed by atoms with Gasteiger partial charge in [0.2, 0.25) is 0 Å². The van der Waals surface area contributed by atoms with Gasteiger partial charge >= 0.3 is 0 Å². The first-order valence-corrected chi connectivity index (χ1v) is 6.92. The maximum absolute atomic E-state index is 4.41. The summed E-state index contributed by atoms with van der Waals surface area (Å²) in [6, 6.07) is 6.76. The van der Waals surface area contributed by atoms with E-state index in [1.54, 1.807) is 11.3 Å². The van der Waals surface area contributed by atoms with Crippen LogP contribution in [0.4, 0.5) is 0 Å². The Morgan fingerprint density at radius 1 is 1.12 bits per heavy atom. The summed E-state index contributed by atoms with van der Waals surface area (Å²) in [5, 5.41) is 3.88. The molecule has 0 unspecified atom stereocenters. The Balaban J connectivity index is 2.02. The van der Waals surface area contributed by atoms with Gasteiger partial charge in [0.15, 0.2) is 0 Å². The molecule has 0 atom stereocenters. The Labute approximate surface area is 105 Å². The predicted molar refractivity (Wildman–Crippen MR) is 71.4 cm³/mol. The van der Waals surface area contributed by atoms with E-state index < -0.39 is 0 Å². The first-order chi connectivity index (χ1) is 7.83. The summed E-state index contributed by atoms with van der Waals surface area (Å²) < 4.78 is 0. The van der Waals surface area contributed by atoms with Gasteiger partial charge in [0, 0.05) is 10.9 Å². The van der Waals surface area contributed by atoms with Crippen LogP contribution >= 0.6 is 24.0 Å². The predicted octanol–water partition coefficient (Wildman–Crippen LogP) is 3.98. The molecule has 0 spiro atoms. The van der Waals surface area contributed by atoms with Gasteiger partial charge in [-0.15, -0.1) is 24.0 Å². The van der Waals surface area contributed by atoms with Gasteiger partial charge in [0.05, 0.1) is 0 Å². The third kappa shape index (κ3) is 1.89. The Bertz CT molecular complexity index is 516. The molecule has 1 aromatic carbocycles. The minimum absolute atomic E-state index is 0.817. The van der Waals surface area contributed by atoms with Crippen molar-refractivity contribution in [3.8, 4) is 10.6 Å². The average Bonchev–Trinajstić information content (AvgIpc) is 2.75. The summed E-state index contributed by atoms with van der Waals surface area (Å²) in [5.41, 5.74) is 4.28. The van der Waals surface area contributed by atoms with Gasteiger partial charge in [-0.1, -0.05) is 12.1 Å². The van der Waals surface area contributed by atoms with Crippen molar-refractivity contribution in [2.45, 2.75) is 30.7 Å². The number of fused-ring (bicyclic) bond motifs is 1. The monoisotopic (exact) mass is 247 g/mol. The molecule has 1 aromatic heterocycles. The van der Waals surface area contributed by atoms with Crippen molar-refractivity contribution < 1.29 is 0 Å². The van der Waals surface area contributed by atoms with Crippen molar-refractivity contribution in [1.82, 2.24) is 4.98 Å². The van der Waals surface area contributed by atoms with E-state index in [2.05, 4.69) is 35.8 Å². The first kappa shape index (κ1) is 10.4. The number of nitrogens with zero attached hydrogens (tertiary/aromatic N) is 1. The molecule has 1 aliphatic rings. The van der Waals surface area contributed by atoms with Crippen LogP contribution in [0.2, 0.25) is 0 Å². The number of thiol groups is 1. The fourth-order valence-corrected chi connectivity index (χ4v) is 3.27. The average molecular weight is 247 g/mol. The van der Waals surface area contributed by atoms with Gasteiger partial charge in [-0.05, 0) is 42.9 Å². The van der Waals surface area contributed by atoms with Crippen molar-refractivity contribution in [2.75, 3.05) is 0 Å². The van der Waals surface area contributed by atoms with Crippen molar-refractivity contribution in [3.63, 3.8) is 0 Å². The van der Waals surface area contributed by atoms with E-state index >= 15 is 0 Å². The van der Waals surface area contributed by atoms with E-state index in [1.807, 2.05) is 5.38 Å². The van der Waals surface area contributed by atoms with Gasteiger partial charge in [-0.3, -0.25) is 0 Å². The number of thiazole rings is 1. The Hall–Kier alpha value is -0.800. The number of rotatable bonds is 1. The largest absolute Gasteiger partial charge is 0.230 e. The van der Waals surface area contributed by atoms with Crippen LogP contribution in [0.5, 0.6) is 0 Å².